The minimum Gasteiger partial charge on any atom is -0.494 e. The summed E-state index contributed by atoms with van der Waals surface area (Å²) in [6.07, 6.45) is 1.78. The van der Waals surface area contributed by atoms with Gasteiger partial charge >= 0.3 is 0 Å². The zero-order valence-corrected chi connectivity index (χ0v) is 11.0. The van der Waals surface area contributed by atoms with Crippen LogP contribution in [0.25, 0.3) is 0 Å². The lowest BCUT2D eigenvalue weighted by Gasteiger charge is -2.31. The molecule has 1 aliphatic rings. The molecule has 1 aromatic carbocycles. The van der Waals surface area contributed by atoms with Crippen molar-refractivity contribution in [3.63, 3.8) is 0 Å². The Morgan fingerprint density at radius 2 is 2.26 bits per heavy atom. The number of carbonyl (C=O) groups excluding carboxylic acids is 1. The molecule has 104 valence electrons. The number of rotatable bonds is 3. The van der Waals surface area contributed by atoms with Gasteiger partial charge < -0.3 is 15.8 Å². The van der Waals surface area contributed by atoms with Gasteiger partial charge in [-0.3, -0.25) is 4.79 Å². The second-order valence-electron chi connectivity index (χ2n) is 4.93. The number of hydrogen-bond donors (Lipinski definition) is 2. The van der Waals surface area contributed by atoms with Crippen LogP contribution in [0.5, 0.6) is 5.75 Å². The van der Waals surface area contributed by atoms with Gasteiger partial charge in [0.2, 0.25) is 5.91 Å². The third-order valence-electron chi connectivity index (χ3n) is 3.91. The van der Waals surface area contributed by atoms with Crippen LogP contribution in [0.4, 0.5) is 4.39 Å². The van der Waals surface area contributed by atoms with E-state index in [0.717, 1.165) is 12.0 Å². The van der Waals surface area contributed by atoms with Crippen molar-refractivity contribution >= 4 is 5.91 Å². The molecule has 1 saturated heterocycles. The van der Waals surface area contributed by atoms with E-state index in [1.165, 1.54) is 13.2 Å². The minimum atomic E-state index is -0.392. The third kappa shape index (κ3) is 2.71. The Bertz CT molecular complexity index is 479. The van der Waals surface area contributed by atoms with E-state index >= 15 is 0 Å². The zero-order valence-electron chi connectivity index (χ0n) is 11.0. The second kappa shape index (κ2) is 5.57. The number of nitrogens with two attached hydrogens (primary N) is 1. The van der Waals surface area contributed by atoms with Gasteiger partial charge in [-0.1, -0.05) is 6.07 Å². The van der Waals surface area contributed by atoms with Gasteiger partial charge in [-0.25, -0.2) is 4.39 Å². The number of amides is 1. The Morgan fingerprint density at radius 3 is 2.89 bits per heavy atom. The number of benzene rings is 1. The number of hydrogen-bond acceptors (Lipinski definition) is 3. The highest BCUT2D eigenvalue weighted by molar-refractivity contribution is 5.76. The molecule has 1 unspecified atom stereocenters. The van der Waals surface area contributed by atoms with Crippen molar-refractivity contribution in [3.8, 4) is 5.75 Å². The van der Waals surface area contributed by atoms with Crippen molar-refractivity contribution in [3.05, 3.63) is 29.6 Å². The zero-order chi connectivity index (χ0) is 13.9. The van der Waals surface area contributed by atoms with Gasteiger partial charge in [0.05, 0.1) is 7.11 Å². The molecule has 5 heteroatoms. The molecule has 3 N–H and O–H groups in total. The van der Waals surface area contributed by atoms with Gasteiger partial charge in [0, 0.05) is 24.9 Å². The fraction of sp³-hybridized carbons (Fsp3) is 0.500. The maximum atomic E-state index is 13.8. The summed E-state index contributed by atoms with van der Waals surface area (Å²) in [6, 6.07) is 4.92. The molecule has 2 rings (SSSR count). The van der Waals surface area contributed by atoms with Crippen LogP contribution in [0, 0.1) is 5.82 Å². The molecule has 1 amide bonds. The first-order valence-corrected chi connectivity index (χ1v) is 6.42. The first-order valence-electron chi connectivity index (χ1n) is 6.42. The molecule has 0 spiro atoms. The maximum Gasteiger partial charge on any atom is 0.220 e. The van der Waals surface area contributed by atoms with E-state index in [-0.39, 0.29) is 17.1 Å². The SMILES string of the molecule is COc1ccc(C2(CN)CCNC(=O)CC2)cc1F. The summed E-state index contributed by atoms with van der Waals surface area (Å²) in [6.45, 7) is 0.970. The molecule has 1 fully saturated rings. The summed E-state index contributed by atoms with van der Waals surface area (Å²) in [4.78, 5) is 11.4. The smallest absolute Gasteiger partial charge is 0.220 e. The van der Waals surface area contributed by atoms with Crippen molar-refractivity contribution in [1.29, 1.82) is 0 Å². The Balaban J connectivity index is 2.34. The number of carbonyl (C=O) groups is 1. The molecular weight excluding hydrogens is 247 g/mol. The first kappa shape index (κ1) is 13.8. The normalized spacial score (nSPS) is 23.6. The third-order valence-corrected chi connectivity index (χ3v) is 3.91. The van der Waals surface area contributed by atoms with Gasteiger partial charge in [-0.2, -0.15) is 0 Å². The topological polar surface area (TPSA) is 64.3 Å². The van der Waals surface area contributed by atoms with E-state index in [0.29, 0.717) is 25.9 Å². The average Bonchev–Trinajstić information content (AvgIpc) is 2.61. The van der Waals surface area contributed by atoms with Crippen LogP contribution in [0.1, 0.15) is 24.8 Å². The summed E-state index contributed by atoms with van der Waals surface area (Å²) in [5.41, 5.74) is 6.41. The molecular formula is C14H19FN2O2. The van der Waals surface area contributed by atoms with Gasteiger partial charge in [0.25, 0.3) is 0 Å². The first-order chi connectivity index (χ1) is 9.11. The molecule has 0 bridgehead atoms. The minimum absolute atomic E-state index is 0.0318. The van der Waals surface area contributed by atoms with Crippen molar-refractivity contribution in [2.24, 2.45) is 5.73 Å². The van der Waals surface area contributed by atoms with Gasteiger partial charge in [0.15, 0.2) is 11.6 Å². The van der Waals surface area contributed by atoms with E-state index in [4.69, 9.17) is 10.5 Å². The van der Waals surface area contributed by atoms with Crippen LogP contribution in [0.2, 0.25) is 0 Å². The molecule has 4 nitrogen and oxygen atoms in total. The molecule has 0 aromatic heterocycles. The van der Waals surface area contributed by atoms with E-state index in [1.54, 1.807) is 6.07 Å². The lowest BCUT2D eigenvalue weighted by Crippen LogP contribution is -2.36. The molecule has 1 aromatic rings. The largest absolute Gasteiger partial charge is 0.494 e. The highest BCUT2D eigenvalue weighted by Gasteiger charge is 2.33. The van der Waals surface area contributed by atoms with Gasteiger partial charge in [0.1, 0.15) is 0 Å². The fourth-order valence-corrected chi connectivity index (χ4v) is 2.61. The second-order valence-corrected chi connectivity index (χ2v) is 4.93. The van der Waals surface area contributed by atoms with Crippen molar-refractivity contribution in [1.82, 2.24) is 5.32 Å². The van der Waals surface area contributed by atoms with Crippen molar-refractivity contribution in [2.45, 2.75) is 24.7 Å². The van der Waals surface area contributed by atoms with Crippen LogP contribution >= 0.6 is 0 Å². The number of nitrogens with one attached hydrogen (secondary N) is 1. The fourth-order valence-electron chi connectivity index (χ4n) is 2.61. The van der Waals surface area contributed by atoms with Crippen LogP contribution in [0.15, 0.2) is 18.2 Å². The highest BCUT2D eigenvalue weighted by atomic mass is 19.1. The number of ether oxygens (including phenoxy) is 1. The predicted octanol–water partition coefficient (Wildman–Crippen LogP) is 1.33. The van der Waals surface area contributed by atoms with Crippen LogP contribution < -0.4 is 15.8 Å². The number of methoxy groups -OCH3 is 1. The number of halogens is 1. The summed E-state index contributed by atoms with van der Waals surface area (Å²) >= 11 is 0. The molecule has 0 aliphatic carbocycles. The van der Waals surface area contributed by atoms with Gasteiger partial charge in [-0.15, -0.1) is 0 Å². The van der Waals surface area contributed by atoms with Crippen molar-refractivity contribution in [2.75, 3.05) is 20.2 Å². The van der Waals surface area contributed by atoms with Crippen molar-refractivity contribution < 1.29 is 13.9 Å². The van der Waals surface area contributed by atoms with Crippen LogP contribution in [-0.4, -0.2) is 26.1 Å². The predicted molar refractivity (Wildman–Crippen MR) is 70.5 cm³/mol. The average molecular weight is 266 g/mol. The Labute approximate surface area is 112 Å². The molecule has 0 saturated carbocycles. The molecule has 1 atom stereocenters. The van der Waals surface area contributed by atoms with E-state index < -0.39 is 5.82 Å². The monoisotopic (exact) mass is 266 g/mol. The summed E-state index contributed by atoms with van der Waals surface area (Å²) in [7, 11) is 1.44. The summed E-state index contributed by atoms with van der Waals surface area (Å²) in [5, 5.41) is 2.83. The van der Waals surface area contributed by atoms with E-state index in [9.17, 15) is 9.18 Å². The summed E-state index contributed by atoms with van der Waals surface area (Å²) < 4.78 is 18.8. The Hall–Kier alpha value is -1.62. The van der Waals surface area contributed by atoms with E-state index in [1.807, 2.05) is 6.07 Å². The maximum absolute atomic E-state index is 13.8. The molecule has 1 aliphatic heterocycles. The van der Waals surface area contributed by atoms with Crippen LogP contribution in [0.3, 0.4) is 0 Å². The molecule has 1 heterocycles. The highest BCUT2D eigenvalue weighted by Crippen LogP contribution is 2.35. The lowest BCUT2D eigenvalue weighted by molar-refractivity contribution is -0.120. The van der Waals surface area contributed by atoms with Gasteiger partial charge in [-0.05, 0) is 30.5 Å². The lowest BCUT2D eigenvalue weighted by atomic mass is 9.74. The quantitative estimate of drug-likeness (QED) is 0.867. The Morgan fingerprint density at radius 1 is 1.47 bits per heavy atom. The standard InChI is InChI=1S/C14H19FN2O2/c1-19-12-3-2-10(8-11(12)15)14(9-16)5-4-13(18)17-7-6-14/h2-3,8H,4-7,9,16H2,1H3,(H,17,18). The molecule has 19 heavy (non-hydrogen) atoms. The summed E-state index contributed by atoms with van der Waals surface area (Å²) in [5.74, 6) is -0.139. The van der Waals surface area contributed by atoms with E-state index in [2.05, 4.69) is 5.32 Å². The Kier molecular flexibility index (Phi) is 4.04. The van der Waals surface area contributed by atoms with Crippen LogP contribution in [-0.2, 0) is 10.2 Å². The molecule has 0 radical (unpaired) electrons.